The predicted molar refractivity (Wildman–Crippen MR) is 66.8 cm³/mol. The van der Waals surface area contributed by atoms with Gasteiger partial charge in [-0.15, -0.1) is 0 Å². The molecule has 4 nitrogen and oxygen atoms in total. The molecule has 0 aromatic heterocycles. The molecule has 0 aliphatic carbocycles. The Labute approximate surface area is 105 Å². The molecule has 2 aromatic rings. The number of hydroxylamine groups is 1. The maximum absolute atomic E-state index is 11.6. The average Bonchev–Trinajstić information content (AvgIpc) is 2.42. The second-order valence-electron chi connectivity index (χ2n) is 3.75. The van der Waals surface area contributed by atoms with Crippen LogP contribution >= 0.6 is 0 Å². The normalized spacial score (nSPS) is 10.0. The van der Waals surface area contributed by atoms with Crippen LogP contribution in [0.2, 0.25) is 0 Å². The van der Waals surface area contributed by atoms with Crippen molar-refractivity contribution in [3.8, 4) is 5.75 Å². The minimum absolute atomic E-state index is 0.201. The Morgan fingerprint density at radius 2 is 1.72 bits per heavy atom. The first kappa shape index (κ1) is 12.1. The molecule has 2 rings (SSSR count). The summed E-state index contributed by atoms with van der Waals surface area (Å²) in [5.41, 5.74) is 3.77. The van der Waals surface area contributed by atoms with Crippen LogP contribution in [0.5, 0.6) is 5.75 Å². The van der Waals surface area contributed by atoms with E-state index in [1.54, 1.807) is 48.5 Å². The number of hydrogen-bond donors (Lipinski definition) is 2. The standard InChI is InChI=1S/C14H13NO3/c16-13-8-6-11(7-9-13)10-18-15-14(17)12-4-2-1-3-5-12/h1-9,16H,10H2,(H,15,17). The molecular formula is C14H13NO3. The average molecular weight is 243 g/mol. The monoisotopic (exact) mass is 243 g/mol. The number of carbonyl (C=O) groups excluding carboxylic acids is 1. The Morgan fingerprint density at radius 3 is 2.39 bits per heavy atom. The molecule has 4 heteroatoms. The summed E-state index contributed by atoms with van der Waals surface area (Å²) in [6, 6.07) is 15.4. The molecule has 0 unspecified atom stereocenters. The third kappa shape index (κ3) is 3.33. The maximum Gasteiger partial charge on any atom is 0.274 e. The van der Waals surface area contributed by atoms with Gasteiger partial charge in [0, 0.05) is 5.56 Å². The number of phenolic OH excluding ortho intramolecular Hbond substituents is 1. The number of aromatic hydroxyl groups is 1. The highest BCUT2D eigenvalue weighted by molar-refractivity contribution is 5.93. The topological polar surface area (TPSA) is 58.6 Å². The molecule has 0 spiro atoms. The largest absolute Gasteiger partial charge is 0.508 e. The highest BCUT2D eigenvalue weighted by Crippen LogP contribution is 2.10. The van der Waals surface area contributed by atoms with E-state index >= 15 is 0 Å². The fourth-order valence-corrected chi connectivity index (χ4v) is 1.43. The molecule has 0 bridgehead atoms. The van der Waals surface area contributed by atoms with E-state index < -0.39 is 0 Å². The van der Waals surface area contributed by atoms with Crippen LogP contribution in [0.25, 0.3) is 0 Å². The van der Waals surface area contributed by atoms with Gasteiger partial charge in [0.2, 0.25) is 0 Å². The summed E-state index contributed by atoms with van der Waals surface area (Å²) in [6.45, 7) is 0.249. The van der Waals surface area contributed by atoms with Crippen LogP contribution in [0.3, 0.4) is 0 Å². The number of rotatable bonds is 4. The van der Waals surface area contributed by atoms with Crippen LogP contribution in [0.4, 0.5) is 0 Å². The van der Waals surface area contributed by atoms with Crippen molar-refractivity contribution >= 4 is 5.91 Å². The van der Waals surface area contributed by atoms with Gasteiger partial charge in [-0.25, -0.2) is 5.48 Å². The lowest BCUT2D eigenvalue weighted by Gasteiger charge is -2.06. The fourth-order valence-electron chi connectivity index (χ4n) is 1.43. The third-order valence-electron chi connectivity index (χ3n) is 2.38. The molecule has 0 saturated heterocycles. The van der Waals surface area contributed by atoms with Crippen molar-refractivity contribution in [3.63, 3.8) is 0 Å². The van der Waals surface area contributed by atoms with Crippen LogP contribution in [-0.2, 0) is 11.4 Å². The van der Waals surface area contributed by atoms with E-state index in [1.165, 1.54) is 0 Å². The highest BCUT2D eigenvalue weighted by Gasteiger charge is 2.03. The molecule has 2 N–H and O–H groups in total. The van der Waals surface area contributed by atoms with Gasteiger partial charge in [-0.05, 0) is 29.8 Å². The molecule has 18 heavy (non-hydrogen) atoms. The summed E-state index contributed by atoms with van der Waals surface area (Å²) in [5, 5.41) is 9.11. The first-order chi connectivity index (χ1) is 8.75. The smallest absolute Gasteiger partial charge is 0.274 e. The number of benzene rings is 2. The number of hydrogen-bond acceptors (Lipinski definition) is 3. The van der Waals surface area contributed by atoms with Crippen LogP contribution in [0.1, 0.15) is 15.9 Å². The molecule has 0 aliphatic rings. The Morgan fingerprint density at radius 1 is 1.06 bits per heavy atom. The van der Waals surface area contributed by atoms with Crippen molar-refractivity contribution in [1.82, 2.24) is 5.48 Å². The van der Waals surface area contributed by atoms with Crippen molar-refractivity contribution < 1.29 is 14.7 Å². The summed E-state index contributed by atoms with van der Waals surface area (Å²) in [7, 11) is 0. The number of phenols is 1. The fraction of sp³-hybridized carbons (Fsp3) is 0.0714. The van der Waals surface area contributed by atoms with E-state index in [0.717, 1.165) is 5.56 Å². The molecule has 0 radical (unpaired) electrons. The van der Waals surface area contributed by atoms with E-state index in [0.29, 0.717) is 5.56 Å². The van der Waals surface area contributed by atoms with Crippen molar-refractivity contribution in [3.05, 3.63) is 65.7 Å². The van der Waals surface area contributed by atoms with Crippen molar-refractivity contribution in [2.45, 2.75) is 6.61 Å². The molecule has 0 atom stereocenters. The number of carbonyl (C=O) groups is 1. The van der Waals surface area contributed by atoms with E-state index in [4.69, 9.17) is 9.94 Å². The lowest BCUT2D eigenvalue weighted by atomic mass is 10.2. The van der Waals surface area contributed by atoms with Crippen LogP contribution in [0.15, 0.2) is 54.6 Å². The van der Waals surface area contributed by atoms with Gasteiger partial charge in [0.1, 0.15) is 5.75 Å². The molecule has 0 aliphatic heterocycles. The molecule has 0 fully saturated rings. The first-order valence-electron chi connectivity index (χ1n) is 5.51. The second-order valence-corrected chi connectivity index (χ2v) is 3.75. The van der Waals surface area contributed by atoms with Crippen LogP contribution < -0.4 is 5.48 Å². The Bertz CT molecular complexity index is 508. The quantitative estimate of drug-likeness (QED) is 0.810. The zero-order valence-electron chi connectivity index (χ0n) is 9.67. The minimum atomic E-state index is -0.283. The van der Waals surface area contributed by atoms with Gasteiger partial charge in [-0.1, -0.05) is 30.3 Å². The zero-order valence-corrected chi connectivity index (χ0v) is 9.67. The van der Waals surface area contributed by atoms with Gasteiger partial charge in [-0.3, -0.25) is 9.63 Å². The lowest BCUT2D eigenvalue weighted by molar-refractivity contribution is 0.0233. The Hall–Kier alpha value is -2.33. The highest BCUT2D eigenvalue weighted by atomic mass is 16.6. The zero-order chi connectivity index (χ0) is 12.8. The minimum Gasteiger partial charge on any atom is -0.508 e. The Kier molecular flexibility index (Phi) is 3.94. The molecule has 92 valence electrons. The van der Waals surface area contributed by atoms with Gasteiger partial charge in [0.15, 0.2) is 0 Å². The van der Waals surface area contributed by atoms with Crippen molar-refractivity contribution in [2.75, 3.05) is 0 Å². The van der Waals surface area contributed by atoms with E-state index in [1.807, 2.05) is 6.07 Å². The van der Waals surface area contributed by atoms with Gasteiger partial charge < -0.3 is 5.11 Å². The van der Waals surface area contributed by atoms with E-state index in [-0.39, 0.29) is 18.3 Å². The molecule has 2 aromatic carbocycles. The first-order valence-corrected chi connectivity index (χ1v) is 5.51. The van der Waals surface area contributed by atoms with Crippen molar-refractivity contribution in [1.29, 1.82) is 0 Å². The third-order valence-corrected chi connectivity index (χ3v) is 2.38. The van der Waals surface area contributed by atoms with Crippen LogP contribution in [-0.4, -0.2) is 11.0 Å². The molecule has 1 amide bonds. The number of amides is 1. The summed E-state index contributed by atoms with van der Waals surface area (Å²) < 4.78 is 0. The molecular weight excluding hydrogens is 230 g/mol. The number of nitrogens with one attached hydrogen (secondary N) is 1. The summed E-state index contributed by atoms with van der Waals surface area (Å²) in [6.07, 6.45) is 0. The van der Waals surface area contributed by atoms with Gasteiger partial charge in [0.05, 0.1) is 6.61 Å². The van der Waals surface area contributed by atoms with Gasteiger partial charge >= 0.3 is 0 Å². The van der Waals surface area contributed by atoms with Crippen LogP contribution in [0, 0.1) is 0 Å². The van der Waals surface area contributed by atoms with E-state index in [2.05, 4.69) is 5.48 Å². The Balaban J connectivity index is 1.82. The summed E-state index contributed by atoms with van der Waals surface area (Å²) in [4.78, 5) is 16.7. The maximum atomic E-state index is 11.6. The van der Waals surface area contributed by atoms with Gasteiger partial charge in [0.25, 0.3) is 5.91 Å². The van der Waals surface area contributed by atoms with Crippen molar-refractivity contribution in [2.24, 2.45) is 0 Å². The molecule has 0 saturated carbocycles. The van der Waals surface area contributed by atoms with E-state index in [9.17, 15) is 4.79 Å². The second kappa shape index (κ2) is 5.84. The SMILES string of the molecule is O=C(NOCc1ccc(O)cc1)c1ccccc1. The predicted octanol–water partition coefficient (Wildman–Crippen LogP) is 2.25. The summed E-state index contributed by atoms with van der Waals surface area (Å²) >= 11 is 0. The lowest BCUT2D eigenvalue weighted by Crippen LogP contribution is -2.23. The van der Waals surface area contributed by atoms with Gasteiger partial charge in [-0.2, -0.15) is 0 Å². The molecule has 0 heterocycles. The summed E-state index contributed by atoms with van der Waals surface area (Å²) in [5.74, 6) is -0.0820.